The van der Waals surface area contributed by atoms with Crippen LogP contribution in [0, 0.1) is 11.3 Å². The molecule has 1 aliphatic heterocycles. The molecular formula is C23H18ClN3O3S. The Morgan fingerprint density at radius 3 is 2.58 bits per heavy atom. The van der Waals surface area contributed by atoms with Gasteiger partial charge in [0.15, 0.2) is 0 Å². The summed E-state index contributed by atoms with van der Waals surface area (Å²) in [6, 6.07) is 20.2. The molecule has 0 saturated carbocycles. The van der Waals surface area contributed by atoms with E-state index in [1.165, 1.54) is 28.6 Å². The van der Waals surface area contributed by atoms with Gasteiger partial charge in [-0.2, -0.15) is 9.57 Å². The first-order valence-corrected chi connectivity index (χ1v) is 11.4. The number of nitrogens with one attached hydrogen (secondary N) is 1. The quantitative estimate of drug-likeness (QED) is 0.643. The molecule has 0 bridgehead atoms. The molecule has 0 aromatic heterocycles. The molecule has 0 aliphatic carbocycles. The summed E-state index contributed by atoms with van der Waals surface area (Å²) in [6.45, 7) is 0.689. The van der Waals surface area contributed by atoms with Gasteiger partial charge in [0.2, 0.25) is 10.0 Å². The molecule has 1 aliphatic rings. The van der Waals surface area contributed by atoms with Crippen LogP contribution < -0.4 is 5.32 Å². The molecule has 1 heterocycles. The van der Waals surface area contributed by atoms with Gasteiger partial charge in [0.05, 0.1) is 15.5 Å². The number of rotatable bonds is 4. The van der Waals surface area contributed by atoms with Gasteiger partial charge in [-0.1, -0.05) is 41.9 Å². The fourth-order valence-electron chi connectivity index (χ4n) is 3.51. The zero-order valence-electron chi connectivity index (χ0n) is 16.4. The van der Waals surface area contributed by atoms with Crippen LogP contribution in [0.1, 0.15) is 27.0 Å². The molecule has 3 aromatic carbocycles. The molecule has 31 heavy (non-hydrogen) atoms. The van der Waals surface area contributed by atoms with Crippen molar-refractivity contribution in [1.29, 1.82) is 5.26 Å². The molecule has 1 N–H and O–H groups in total. The minimum Gasteiger partial charge on any atom is -0.322 e. The molecule has 3 aromatic rings. The fourth-order valence-corrected chi connectivity index (χ4v) is 5.14. The molecule has 156 valence electrons. The zero-order valence-corrected chi connectivity index (χ0v) is 17.9. The second-order valence-electron chi connectivity index (χ2n) is 7.15. The normalized spacial score (nSPS) is 13.8. The molecule has 0 fully saturated rings. The highest BCUT2D eigenvalue weighted by atomic mass is 35.5. The number of carbonyl (C=O) groups excluding carboxylic acids is 1. The van der Waals surface area contributed by atoms with Crippen molar-refractivity contribution in [2.24, 2.45) is 0 Å². The second-order valence-corrected chi connectivity index (χ2v) is 9.49. The third-order valence-electron chi connectivity index (χ3n) is 5.17. The molecule has 0 radical (unpaired) electrons. The first-order chi connectivity index (χ1) is 14.9. The number of anilines is 1. The molecule has 0 unspecified atom stereocenters. The fraction of sp³-hybridized carbons (Fsp3) is 0.130. The molecule has 8 heteroatoms. The predicted octanol–water partition coefficient (Wildman–Crippen LogP) is 4.21. The summed E-state index contributed by atoms with van der Waals surface area (Å²) in [7, 11) is -3.76. The minimum absolute atomic E-state index is 0.0633. The number of carbonyl (C=O) groups is 1. The lowest BCUT2D eigenvalue weighted by molar-refractivity contribution is 0.102. The Morgan fingerprint density at radius 2 is 1.81 bits per heavy atom. The summed E-state index contributed by atoms with van der Waals surface area (Å²) >= 11 is 5.92. The van der Waals surface area contributed by atoms with Crippen molar-refractivity contribution in [1.82, 2.24) is 4.31 Å². The van der Waals surface area contributed by atoms with Crippen molar-refractivity contribution in [3.63, 3.8) is 0 Å². The first kappa shape index (κ1) is 21.1. The van der Waals surface area contributed by atoms with E-state index in [0.717, 1.165) is 11.1 Å². The Balaban J connectivity index is 1.56. The number of benzene rings is 3. The van der Waals surface area contributed by atoms with E-state index in [0.29, 0.717) is 25.2 Å². The number of halogens is 1. The topological polar surface area (TPSA) is 90.3 Å². The van der Waals surface area contributed by atoms with Crippen LogP contribution in [-0.2, 0) is 23.0 Å². The molecule has 0 saturated heterocycles. The molecule has 6 nitrogen and oxygen atoms in total. The van der Waals surface area contributed by atoms with Crippen LogP contribution in [0.2, 0.25) is 5.02 Å². The van der Waals surface area contributed by atoms with Crippen LogP contribution in [-0.4, -0.2) is 25.2 Å². The lowest BCUT2D eigenvalue weighted by Crippen LogP contribution is -2.36. The maximum absolute atomic E-state index is 13.2. The number of nitrogens with zero attached hydrogens (tertiary/aromatic N) is 2. The maximum Gasteiger partial charge on any atom is 0.255 e. The average molecular weight is 452 g/mol. The minimum atomic E-state index is -3.76. The van der Waals surface area contributed by atoms with Crippen LogP contribution in [0.5, 0.6) is 0 Å². The SMILES string of the molecule is N#Cc1cc(NC(=O)c2cccc(S(=O)(=O)N3CCc4ccccc4C3)c2)ccc1Cl. The van der Waals surface area contributed by atoms with Gasteiger partial charge < -0.3 is 5.32 Å². The summed E-state index contributed by atoms with van der Waals surface area (Å²) < 4.78 is 27.8. The van der Waals surface area contributed by atoms with E-state index in [4.69, 9.17) is 16.9 Å². The summed E-state index contributed by atoms with van der Waals surface area (Å²) in [4.78, 5) is 12.7. The lowest BCUT2D eigenvalue weighted by atomic mass is 10.0. The number of fused-ring (bicyclic) bond motifs is 1. The van der Waals surface area contributed by atoms with Gasteiger partial charge in [0.25, 0.3) is 5.91 Å². The van der Waals surface area contributed by atoms with Gasteiger partial charge in [-0.25, -0.2) is 8.42 Å². The lowest BCUT2D eigenvalue weighted by Gasteiger charge is -2.28. The van der Waals surface area contributed by atoms with Gasteiger partial charge in [0.1, 0.15) is 6.07 Å². The Kier molecular flexibility index (Phi) is 5.79. The Labute approximate surface area is 185 Å². The van der Waals surface area contributed by atoms with Crippen LogP contribution in [0.4, 0.5) is 5.69 Å². The van der Waals surface area contributed by atoms with E-state index in [-0.39, 0.29) is 21.0 Å². The van der Waals surface area contributed by atoms with E-state index in [9.17, 15) is 13.2 Å². The number of sulfonamides is 1. The molecule has 1 amide bonds. The second kappa shape index (κ2) is 8.52. The van der Waals surface area contributed by atoms with Gasteiger partial charge in [-0.15, -0.1) is 0 Å². The largest absolute Gasteiger partial charge is 0.322 e. The smallest absolute Gasteiger partial charge is 0.255 e. The van der Waals surface area contributed by atoms with Crippen molar-refractivity contribution in [2.75, 3.05) is 11.9 Å². The monoisotopic (exact) mass is 451 g/mol. The van der Waals surface area contributed by atoms with Gasteiger partial charge in [0, 0.05) is 24.3 Å². The number of hydrogen-bond acceptors (Lipinski definition) is 4. The zero-order chi connectivity index (χ0) is 22.0. The van der Waals surface area contributed by atoms with Crippen molar-refractivity contribution < 1.29 is 13.2 Å². The van der Waals surface area contributed by atoms with Crippen molar-refractivity contribution in [3.8, 4) is 6.07 Å². The van der Waals surface area contributed by atoms with E-state index in [1.807, 2.05) is 30.3 Å². The summed E-state index contributed by atoms with van der Waals surface area (Å²) in [6.07, 6.45) is 0.646. The van der Waals surface area contributed by atoms with Crippen LogP contribution >= 0.6 is 11.6 Å². The highest BCUT2D eigenvalue weighted by Crippen LogP contribution is 2.26. The van der Waals surface area contributed by atoms with Gasteiger partial charge in [-0.05, 0) is 53.9 Å². The van der Waals surface area contributed by atoms with E-state index >= 15 is 0 Å². The molecular weight excluding hydrogens is 434 g/mol. The van der Waals surface area contributed by atoms with Crippen molar-refractivity contribution in [2.45, 2.75) is 17.9 Å². The van der Waals surface area contributed by atoms with Crippen LogP contribution in [0.15, 0.2) is 71.6 Å². The summed E-state index contributed by atoms with van der Waals surface area (Å²) in [5, 5.41) is 12.0. The number of nitriles is 1. The highest BCUT2D eigenvalue weighted by Gasteiger charge is 2.28. The predicted molar refractivity (Wildman–Crippen MR) is 118 cm³/mol. The Bertz CT molecular complexity index is 1320. The standard InChI is InChI=1S/C23H18ClN3O3S/c24-22-9-8-20(12-19(22)14-25)26-23(28)17-6-3-7-21(13-17)31(29,30)27-11-10-16-4-1-2-5-18(16)15-27/h1-9,12-13H,10-11,15H2,(H,26,28). The van der Waals surface area contributed by atoms with Crippen molar-refractivity contribution in [3.05, 3.63) is 94.0 Å². The number of hydrogen-bond donors (Lipinski definition) is 1. The summed E-state index contributed by atoms with van der Waals surface area (Å²) in [5.41, 5.74) is 2.98. The Morgan fingerprint density at radius 1 is 1.03 bits per heavy atom. The maximum atomic E-state index is 13.2. The third-order valence-corrected chi connectivity index (χ3v) is 7.35. The first-order valence-electron chi connectivity index (χ1n) is 9.56. The summed E-state index contributed by atoms with van der Waals surface area (Å²) in [5.74, 6) is -0.479. The Hall–Kier alpha value is -3.18. The molecule has 4 rings (SSSR count). The molecule has 0 spiro atoms. The highest BCUT2D eigenvalue weighted by molar-refractivity contribution is 7.89. The number of amides is 1. The third kappa shape index (κ3) is 4.32. The molecule has 0 atom stereocenters. The van der Waals surface area contributed by atoms with Crippen molar-refractivity contribution >= 4 is 33.2 Å². The van der Waals surface area contributed by atoms with Crippen LogP contribution in [0.25, 0.3) is 0 Å². The van der Waals surface area contributed by atoms with Gasteiger partial charge >= 0.3 is 0 Å². The van der Waals surface area contributed by atoms with Gasteiger partial charge in [-0.3, -0.25) is 4.79 Å². The van der Waals surface area contributed by atoms with E-state index < -0.39 is 15.9 Å². The average Bonchev–Trinajstić information content (AvgIpc) is 2.80. The van der Waals surface area contributed by atoms with E-state index in [1.54, 1.807) is 18.2 Å². The van der Waals surface area contributed by atoms with E-state index in [2.05, 4.69) is 5.32 Å². The van der Waals surface area contributed by atoms with Crippen LogP contribution in [0.3, 0.4) is 0 Å².